The molecule has 0 aliphatic heterocycles. The zero-order chi connectivity index (χ0) is 24.2. The van der Waals surface area contributed by atoms with Gasteiger partial charge in [0.25, 0.3) is 10.0 Å². The molecule has 0 saturated heterocycles. The second-order valence-corrected chi connectivity index (χ2v) is 8.90. The van der Waals surface area contributed by atoms with Gasteiger partial charge in [-0.05, 0) is 55.0 Å². The topological polar surface area (TPSA) is 88.9 Å². The summed E-state index contributed by atoms with van der Waals surface area (Å²) in [7, 11) is -3.22. The lowest BCUT2D eigenvalue weighted by molar-refractivity contribution is -0.137. The maximum absolute atomic E-state index is 13.6. The Morgan fingerprint density at radius 3 is 2.52 bits per heavy atom. The van der Waals surface area contributed by atoms with Crippen LogP contribution in [-0.4, -0.2) is 28.0 Å². The molecule has 0 radical (unpaired) electrons. The van der Waals surface area contributed by atoms with Crippen LogP contribution in [-0.2, 0) is 27.5 Å². The van der Waals surface area contributed by atoms with Crippen LogP contribution in [0, 0.1) is 6.92 Å². The molecule has 0 bridgehead atoms. The van der Waals surface area contributed by atoms with Gasteiger partial charge in [0.15, 0.2) is 0 Å². The lowest BCUT2D eigenvalue weighted by Gasteiger charge is -2.25. The Bertz CT molecular complexity index is 1230. The van der Waals surface area contributed by atoms with Crippen molar-refractivity contribution >= 4 is 21.6 Å². The first-order chi connectivity index (χ1) is 15.5. The molecule has 3 rings (SSSR count). The summed E-state index contributed by atoms with van der Waals surface area (Å²) in [5, 5.41) is 2.50. The molecule has 0 saturated carbocycles. The number of alkyl halides is 3. The van der Waals surface area contributed by atoms with Crippen molar-refractivity contribution < 1.29 is 35.5 Å². The van der Waals surface area contributed by atoms with Gasteiger partial charge in [-0.2, -0.15) is 13.2 Å². The normalized spacial score (nSPS) is 11.8. The van der Waals surface area contributed by atoms with Gasteiger partial charge in [-0.1, -0.05) is 12.1 Å². The van der Waals surface area contributed by atoms with Gasteiger partial charge in [-0.25, -0.2) is 8.42 Å². The largest absolute Gasteiger partial charge is 0.495 e. The third-order valence-electron chi connectivity index (χ3n) is 4.68. The number of halogens is 3. The minimum atomic E-state index is -4.70. The molecule has 1 N–H and O–H groups in total. The van der Waals surface area contributed by atoms with E-state index in [0.717, 1.165) is 12.1 Å². The number of hydrogen-bond donors (Lipinski definition) is 1. The number of ether oxygens (including phenoxy) is 1. The molecule has 1 amide bonds. The van der Waals surface area contributed by atoms with Gasteiger partial charge in [-0.3, -0.25) is 9.10 Å². The number of benzene rings is 2. The Morgan fingerprint density at radius 2 is 1.88 bits per heavy atom. The van der Waals surface area contributed by atoms with Gasteiger partial charge in [0.1, 0.15) is 22.9 Å². The predicted octanol–water partition coefficient (Wildman–Crippen LogP) is 4.13. The summed E-state index contributed by atoms with van der Waals surface area (Å²) in [6.45, 7) is 0.876. The number of hydrogen-bond acceptors (Lipinski definition) is 5. The number of sulfonamides is 1. The zero-order valence-electron chi connectivity index (χ0n) is 17.7. The average molecular weight is 482 g/mol. The molecule has 1 aromatic heterocycles. The average Bonchev–Trinajstić information content (AvgIpc) is 3.29. The third kappa shape index (κ3) is 5.67. The standard InChI is InChI=1S/C22H21F3N2O5S/c1-15-8-9-19(31-2)20(11-15)33(29,30)27(14-21(28)26-13-18-7-4-10-32-18)17-6-3-5-16(12-17)22(23,24)25/h3-12H,13-14H2,1-2H3,(H,26,28). The van der Waals surface area contributed by atoms with Crippen LogP contribution in [0.2, 0.25) is 0 Å². The van der Waals surface area contributed by atoms with E-state index >= 15 is 0 Å². The van der Waals surface area contributed by atoms with Crippen molar-refractivity contribution in [3.8, 4) is 5.75 Å². The van der Waals surface area contributed by atoms with E-state index in [9.17, 15) is 26.4 Å². The molecule has 0 atom stereocenters. The number of aryl methyl sites for hydroxylation is 1. The van der Waals surface area contributed by atoms with Crippen molar-refractivity contribution in [3.05, 3.63) is 77.7 Å². The summed E-state index contributed by atoms with van der Waals surface area (Å²) < 4.78 is 77.9. The fourth-order valence-electron chi connectivity index (χ4n) is 3.04. The highest BCUT2D eigenvalue weighted by molar-refractivity contribution is 7.93. The van der Waals surface area contributed by atoms with Crippen LogP contribution in [0.3, 0.4) is 0 Å². The highest BCUT2D eigenvalue weighted by Crippen LogP contribution is 2.35. The van der Waals surface area contributed by atoms with Crippen LogP contribution < -0.4 is 14.4 Å². The number of methoxy groups -OCH3 is 1. The highest BCUT2D eigenvalue weighted by atomic mass is 32.2. The minimum absolute atomic E-state index is 0.00595. The molecule has 1 heterocycles. The molecular weight excluding hydrogens is 461 g/mol. The number of anilines is 1. The smallest absolute Gasteiger partial charge is 0.416 e. The van der Waals surface area contributed by atoms with Crippen molar-refractivity contribution in [2.24, 2.45) is 0 Å². The number of carbonyl (C=O) groups excluding carboxylic acids is 1. The first-order valence-corrected chi connectivity index (χ1v) is 11.1. The minimum Gasteiger partial charge on any atom is -0.495 e. The maximum Gasteiger partial charge on any atom is 0.416 e. The van der Waals surface area contributed by atoms with Gasteiger partial charge in [-0.15, -0.1) is 0 Å². The van der Waals surface area contributed by atoms with Gasteiger partial charge in [0, 0.05) is 0 Å². The summed E-state index contributed by atoms with van der Waals surface area (Å²) in [5.74, 6) is -0.315. The van der Waals surface area contributed by atoms with Gasteiger partial charge < -0.3 is 14.5 Å². The van der Waals surface area contributed by atoms with Crippen molar-refractivity contribution in [1.82, 2.24) is 5.32 Å². The Labute approximate surface area is 188 Å². The van der Waals surface area contributed by atoms with Gasteiger partial charge >= 0.3 is 6.18 Å². The van der Waals surface area contributed by atoms with E-state index in [-0.39, 0.29) is 22.9 Å². The van der Waals surface area contributed by atoms with Crippen molar-refractivity contribution in [2.75, 3.05) is 18.0 Å². The second-order valence-electron chi connectivity index (χ2n) is 7.07. The van der Waals surface area contributed by atoms with Crippen molar-refractivity contribution in [1.29, 1.82) is 0 Å². The summed E-state index contributed by atoms with van der Waals surface area (Å²) >= 11 is 0. The van der Waals surface area contributed by atoms with Crippen LogP contribution >= 0.6 is 0 Å². The predicted molar refractivity (Wildman–Crippen MR) is 114 cm³/mol. The Hall–Kier alpha value is -3.47. The Kier molecular flexibility index (Phi) is 7.01. The molecule has 0 spiro atoms. The fourth-order valence-corrected chi connectivity index (χ4v) is 4.70. The van der Waals surface area contributed by atoms with E-state index in [1.807, 2.05) is 0 Å². The lowest BCUT2D eigenvalue weighted by Crippen LogP contribution is -2.41. The van der Waals surface area contributed by atoms with Crippen LogP contribution in [0.1, 0.15) is 16.9 Å². The third-order valence-corrected chi connectivity index (χ3v) is 6.47. The first kappa shape index (κ1) is 24.2. The van der Waals surface area contributed by atoms with E-state index in [0.29, 0.717) is 21.7 Å². The molecule has 33 heavy (non-hydrogen) atoms. The van der Waals surface area contributed by atoms with Gasteiger partial charge in [0.05, 0.1) is 31.2 Å². The van der Waals surface area contributed by atoms with Crippen LogP contribution in [0.15, 0.2) is 70.2 Å². The summed E-state index contributed by atoms with van der Waals surface area (Å²) in [4.78, 5) is 12.3. The molecule has 2 aromatic carbocycles. The quantitative estimate of drug-likeness (QED) is 0.522. The molecule has 0 unspecified atom stereocenters. The Balaban J connectivity index is 2.03. The second kappa shape index (κ2) is 9.57. The molecule has 7 nitrogen and oxygen atoms in total. The molecule has 0 fully saturated rings. The molecule has 176 valence electrons. The van der Waals surface area contributed by atoms with E-state index in [1.165, 1.54) is 31.6 Å². The van der Waals surface area contributed by atoms with Gasteiger partial charge in [0.2, 0.25) is 5.91 Å². The number of rotatable bonds is 8. The van der Waals surface area contributed by atoms with Crippen LogP contribution in [0.25, 0.3) is 0 Å². The van der Waals surface area contributed by atoms with E-state index < -0.39 is 34.2 Å². The molecule has 3 aromatic rings. The number of amides is 1. The fraction of sp³-hybridized carbons (Fsp3) is 0.227. The highest BCUT2D eigenvalue weighted by Gasteiger charge is 2.34. The van der Waals surface area contributed by atoms with E-state index in [1.54, 1.807) is 25.1 Å². The number of furan rings is 1. The molecule has 0 aliphatic rings. The summed E-state index contributed by atoms with van der Waals surface area (Å²) in [5.41, 5.74) is -0.783. The van der Waals surface area contributed by atoms with Crippen LogP contribution in [0.4, 0.5) is 18.9 Å². The maximum atomic E-state index is 13.6. The summed E-state index contributed by atoms with van der Waals surface area (Å²) in [6.07, 6.45) is -3.29. The zero-order valence-corrected chi connectivity index (χ0v) is 18.5. The summed E-state index contributed by atoms with van der Waals surface area (Å²) in [6, 6.07) is 11.4. The molecular formula is C22H21F3N2O5S. The Morgan fingerprint density at radius 1 is 1.12 bits per heavy atom. The van der Waals surface area contributed by atoms with E-state index in [2.05, 4.69) is 5.32 Å². The number of carbonyl (C=O) groups is 1. The van der Waals surface area contributed by atoms with Crippen molar-refractivity contribution in [3.63, 3.8) is 0 Å². The van der Waals surface area contributed by atoms with Crippen molar-refractivity contribution in [2.45, 2.75) is 24.5 Å². The van der Waals surface area contributed by atoms with E-state index in [4.69, 9.17) is 9.15 Å². The SMILES string of the molecule is COc1ccc(C)cc1S(=O)(=O)N(CC(=O)NCc1ccco1)c1cccc(C(F)(F)F)c1. The first-order valence-electron chi connectivity index (χ1n) is 9.66. The molecule has 0 aliphatic carbocycles. The monoisotopic (exact) mass is 482 g/mol. The van der Waals surface area contributed by atoms with Crippen LogP contribution in [0.5, 0.6) is 5.75 Å². The lowest BCUT2D eigenvalue weighted by atomic mass is 10.2. The molecule has 11 heteroatoms. The number of nitrogens with one attached hydrogen (secondary N) is 1. The number of nitrogens with zero attached hydrogens (tertiary/aromatic N) is 1.